The highest BCUT2D eigenvalue weighted by molar-refractivity contribution is 4.91. The van der Waals surface area contributed by atoms with Crippen LogP contribution in [0.25, 0.3) is 0 Å². The molecule has 1 aliphatic heterocycles. The SMILES string of the molecule is CC1CCN(CCNCc2cn(CCO)nn2)CC1. The summed E-state index contributed by atoms with van der Waals surface area (Å²) >= 11 is 0. The van der Waals surface area contributed by atoms with Crippen LogP contribution in [0.2, 0.25) is 0 Å². The van der Waals surface area contributed by atoms with Gasteiger partial charge in [0.15, 0.2) is 0 Å². The number of aliphatic hydroxyl groups excluding tert-OH is 1. The lowest BCUT2D eigenvalue weighted by atomic mass is 9.99. The molecule has 0 radical (unpaired) electrons. The van der Waals surface area contributed by atoms with Crippen molar-refractivity contribution in [3.63, 3.8) is 0 Å². The lowest BCUT2D eigenvalue weighted by molar-refractivity contribution is 0.193. The number of aromatic nitrogens is 3. The average Bonchev–Trinajstić information content (AvgIpc) is 2.85. The molecule has 0 aromatic carbocycles. The van der Waals surface area contributed by atoms with E-state index in [1.54, 1.807) is 4.68 Å². The third kappa shape index (κ3) is 4.89. The number of aliphatic hydroxyl groups is 1. The van der Waals surface area contributed by atoms with Crippen molar-refractivity contribution in [2.24, 2.45) is 5.92 Å². The van der Waals surface area contributed by atoms with Gasteiger partial charge in [0.25, 0.3) is 0 Å². The van der Waals surface area contributed by atoms with E-state index in [1.807, 2.05) is 6.20 Å². The fraction of sp³-hybridized carbons (Fsp3) is 0.846. The van der Waals surface area contributed by atoms with Gasteiger partial charge >= 0.3 is 0 Å². The first-order valence-corrected chi connectivity index (χ1v) is 7.21. The van der Waals surface area contributed by atoms with Gasteiger partial charge in [0.2, 0.25) is 0 Å². The lowest BCUT2D eigenvalue weighted by Gasteiger charge is -2.30. The molecule has 6 heteroatoms. The monoisotopic (exact) mass is 267 g/mol. The molecule has 1 aromatic rings. The summed E-state index contributed by atoms with van der Waals surface area (Å²) < 4.78 is 1.67. The van der Waals surface area contributed by atoms with E-state index in [0.29, 0.717) is 6.54 Å². The summed E-state index contributed by atoms with van der Waals surface area (Å²) in [5.41, 5.74) is 0.931. The molecular formula is C13H25N5O. The van der Waals surface area contributed by atoms with Crippen LogP contribution in [0.4, 0.5) is 0 Å². The number of hydrogen-bond acceptors (Lipinski definition) is 5. The number of likely N-dealkylation sites (tertiary alicyclic amines) is 1. The molecule has 1 aromatic heterocycles. The lowest BCUT2D eigenvalue weighted by Crippen LogP contribution is -2.37. The van der Waals surface area contributed by atoms with Crippen molar-refractivity contribution in [3.8, 4) is 0 Å². The van der Waals surface area contributed by atoms with Crippen molar-refractivity contribution in [3.05, 3.63) is 11.9 Å². The van der Waals surface area contributed by atoms with Crippen LogP contribution in [-0.4, -0.2) is 57.8 Å². The van der Waals surface area contributed by atoms with Gasteiger partial charge in [-0.05, 0) is 31.8 Å². The first-order chi connectivity index (χ1) is 9.28. The van der Waals surface area contributed by atoms with Crippen molar-refractivity contribution in [2.45, 2.75) is 32.9 Å². The summed E-state index contributed by atoms with van der Waals surface area (Å²) in [7, 11) is 0. The van der Waals surface area contributed by atoms with Crippen LogP contribution in [0.1, 0.15) is 25.5 Å². The molecule has 2 N–H and O–H groups in total. The highest BCUT2D eigenvalue weighted by atomic mass is 16.3. The van der Waals surface area contributed by atoms with Crippen LogP contribution in [0.3, 0.4) is 0 Å². The number of rotatable bonds is 7. The van der Waals surface area contributed by atoms with Gasteiger partial charge in [0.05, 0.1) is 18.8 Å². The van der Waals surface area contributed by atoms with Crippen LogP contribution in [-0.2, 0) is 13.1 Å². The first-order valence-electron chi connectivity index (χ1n) is 7.21. The highest BCUT2D eigenvalue weighted by Crippen LogP contribution is 2.15. The fourth-order valence-electron chi connectivity index (χ4n) is 2.37. The Morgan fingerprint density at radius 3 is 2.89 bits per heavy atom. The van der Waals surface area contributed by atoms with E-state index in [9.17, 15) is 0 Å². The van der Waals surface area contributed by atoms with E-state index < -0.39 is 0 Å². The van der Waals surface area contributed by atoms with Gasteiger partial charge in [-0.1, -0.05) is 12.1 Å². The van der Waals surface area contributed by atoms with Crippen molar-refractivity contribution in [1.29, 1.82) is 0 Å². The van der Waals surface area contributed by atoms with Crippen molar-refractivity contribution >= 4 is 0 Å². The van der Waals surface area contributed by atoms with Crippen molar-refractivity contribution in [2.75, 3.05) is 32.8 Å². The minimum Gasteiger partial charge on any atom is -0.394 e. The minimum atomic E-state index is 0.101. The van der Waals surface area contributed by atoms with Crippen LogP contribution in [0, 0.1) is 5.92 Å². The van der Waals surface area contributed by atoms with Crippen LogP contribution in [0.5, 0.6) is 0 Å². The molecule has 0 aliphatic carbocycles. The van der Waals surface area contributed by atoms with E-state index in [-0.39, 0.29) is 6.61 Å². The Morgan fingerprint density at radius 1 is 1.37 bits per heavy atom. The maximum Gasteiger partial charge on any atom is 0.0964 e. The van der Waals surface area contributed by atoms with Crippen LogP contribution in [0.15, 0.2) is 6.20 Å². The largest absolute Gasteiger partial charge is 0.394 e. The molecule has 2 rings (SSSR count). The van der Waals surface area contributed by atoms with Crippen LogP contribution >= 0.6 is 0 Å². The molecular weight excluding hydrogens is 242 g/mol. The maximum absolute atomic E-state index is 8.80. The quantitative estimate of drug-likeness (QED) is 0.686. The van der Waals surface area contributed by atoms with E-state index in [2.05, 4.69) is 27.5 Å². The molecule has 1 aliphatic rings. The van der Waals surface area contributed by atoms with Crippen molar-refractivity contribution < 1.29 is 5.11 Å². The highest BCUT2D eigenvalue weighted by Gasteiger charge is 2.14. The second-order valence-corrected chi connectivity index (χ2v) is 5.40. The molecule has 0 atom stereocenters. The predicted molar refractivity (Wildman–Crippen MR) is 73.7 cm³/mol. The van der Waals surface area contributed by atoms with Gasteiger partial charge in [0.1, 0.15) is 0 Å². The van der Waals surface area contributed by atoms with E-state index in [1.165, 1.54) is 25.9 Å². The number of hydrogen-bond donors (Lipinski definition) is 2. The normalized spacial score (nSPS) is 18.0. The Balaban J connectivity index is 1.58. The van der Waals surface area contributed by atoms with Gasteiger partial charge in [-0.25, -0.2) is 4.68 Å². The van der Waals surface area contributed by atoms with E-state index in [0.717, 1.165) is 31.2 Å². The zero-order valence-corrected chi connectivity index (χ0v) is 11.8. The Bertz CT molecular complexity index is 360. The third-order valence-electron chi connectivity index (χ3n) is 3.70. The van der Waals surface area contributed by atoms with Gasteiger partial charge in [-0.2, -0.15) is 0 Å². The molecule has 108 valence electrons. The Kier molecular flexibility index (Phi) is 5.75. The summed E-state index contributed by atoms with van der Waals surface area (Å²) in [4.78, 5) is 2.52. The fourth-order valence-corrected chi connectivity index (χ4v) is 2.37. The topological polar surface area (TPSA) is 66.2 Å². The molecule has 6 nitrogen and oxygen atoms in total. The van der Waals surface area contributed by atoms with Gasteiger partial charge in [-0.15, -0.1) is 5.10 Å². The molecule has 0 bridgehead atoms. The molecule has 2 heterocycles. The molecule has 1 saturated heterocycles. The second-order valence-electron chi connectivity index (χ2n) is 5.40. The van der Waals surface area contributed by atoms with E-state index in [4.69, 9.17) is 5.11 Å². The molecule has 19 heavy (non-hydrogen) atoms. The third-order valence-corrected chi connectivity index (χ3v) is 3.70. The van der Waals surface area contributed by atoms with Gasteiger partial charge in [0, 0.05) is 25.8 Å². The number of nitrogens with zero attached hydrogens (tertiary/aromatic N) is 4. The summed E-state index contributed by atoms with van der Waals surface area (Å²) in [6, 6.07) is 0. The molecule has 0 spiro atoms. The smallest absolute Gasteiger partial charge is 0.0964 e. The molecule has 0 amide bonds. The zero-order chi connectivity index (χ0) is 13.5. The summed E-state index contributed by atoms with van der Waals surface area (Å²) in [6.07, 6.45) is 4.54. The Hall–Kier alpha value is -0.980. The van der Waals surface area contributed by atoms with E-state index >= 15 is 0 Å². The summed E-state index contributed by atoms with van der Waals surface area (Å²) in [5.74, 6) is 0.894. The average molecular weight is 267 g/mol. The minimum absolute atomic E-state index is 0.101. The van der Waals surface area contributed by atoms with Gasteiger partial charge in [-0.3, -0.25) is 0 Å². The summed E-state index contributed by atoms with van der Waals surface area (Å²) in [5, 5.41) is 20.2. The number of piperidine rings is 1. The Morgan fingerprint density at radius 2 is 2.16 bits per heavy atom. The zero-order valence-electron chi connectivity index (χ0n) is 11.8. The van der Waals surface area contributed by atoms with Crippen LogP contribution < -0.4 is 5.32 Å². The first kappa shape index (κ1) is 14.4. The predicted octanol–water partition coefficient (Wildman–Crippen LogP) is 0.0919. The van der Waals surface area contributed by atoms with Crippen molar-refractivity contribution in [1.82, 2.24) is 25.2 Å². The Labute approximate surface area is 114 Å². The molecule has 1 fully saturated rings. The second kappa shape index (κ2) is 7.57. The maximum atomic E-state index is 8.80. The molecule has 0 saturated carbocycles. The number of nitrogens with one attached hydrogen (secondary N) is 1. The van der Waals surface area contributed by atoms with Gasteiger partial charge < -0.3 is 15.3 Å². The summed E-state index contributed by atoms with van der Waals surface area (Å²) in [6.45, 7) is 8.26. The molecule has 0 unspecified atom stereocenters. The standard InChI is InChI=1S/C13H25N5O/c1-12-2-5-17(6-3-12)7-4-14-10-13-11-18(8-9-19)16-15-13/h11-12,14,19H,2-10H2,1H3.